The lowest BCUT2D eigenvalue weighted by atomic mass is 10.2. The Morgan fingerprint density at radius 2 is 1.97 bits per heavy atom. The Hall–Kier alpha value is -3.16. The lowest BCUT2D eigenvalue weighted by Crippen LogP contribution is -2.39. The van der Waals surface area contributed by atoms with Gasteiger partial charge in [-0.05, 0) is 39.3 Å². The highest BCUT2D eigenvalue weighted by Crippen LogP contribution is 2.22. The van der Waals surface area contributed by atoms with Crippen molar-refractivity contribution in [2.45, 2.75) is 32.8 Å². The molecule has 29 heavy (non-hydrogen) atoms. The molecule has 1 amide bonds. The number of ether oxygens (including phenoxy) is 1. The molecule has 4 heterocycles. The van der Waals surface area contributed by atoms with Gasteiger partial charge >= 0.3 is 6.09 Å². The number of imidazole rings is 1. The Morgan fingerprint density at radius 3 is 2.72 bits per heavy atom. The Labute approximate surface area is 170 Å². The summed E-state index contributed by atoms with van der Waals surface area (Å²) in [6.45, 7) is 8.53. The highest BCUT2D eigenvalue weighted by Gasteiger charge is 2.25. The van der Waals surface area contributed by atoms with E-state index in [1.807, 2.05) is 49.6 Å². The highest BCUT2D eigenvalue weighted by molar-refractivity contribution is 5.68. The summed E-state index contributed by atoms with van der Waals surface area (Å²) >= 11 is 0. The van der Waals surface area contributed by atoms with E-state index in [1.165, 1.54) is 0 Å². The average Bonchev–Trinajstić information content (AvgIpc) is 2.95. The van der Waals surface area contributed by atoms with E-state index in [1.54, 1.807) is 23.6 Å². The van der Waals surface area contributed by atoms with Gasteiger partial charge in [0.05, 0.1) is 11.9 Å². The number of aromatic nitrogens is 4. The van der Waals surface area contributed by atoms with Crippen LogP contribution in [-0.2, 0) is 4.74 Å². The molecule has 3 aromatic heterocycles. The molecule has 1 aliphatic heterocycles. The Morgan fingerprint density at radius 1 is 1.10 bits per heavy atom. The van der Waals surface area contributed by atoms with Crippen LogP contribution < -0.4 is 4.90 Å². The van der Waals surface area contributed by atoms with Gasteiger partial charge in [-0.1, -0.05) is 0 Å². The Kier molecular flexibility index (Phi) is 5.08. The molecule has 4 rings (SSSR count). The monoisotopic (exact) mass is 394 g/mol. The molecule has 0 saturated carbocycles. The molecule has 1 saturated heterocycles. The molecule has 8 heteroatoms. The van der Waals surface area contributed by atoms with Crippen molar-refractivity contribution in [3.63, 3.8) is 0 Å². The lowest BCUT2D eigenvalue weighted by molar-refractivity contribution is 0.0263. The number of nitrogens with zero attached hydrogens (tertiary/aromatic N) is 6. The Bertz CT molecular complexity index is 995. The number of anilines is 1. The van der Waals surface area contributed by atoms with Crippen molar-refractivity contribution in [3.05, 3.63) is 43.1 Å². The molecular weight excluding hydrogens is 368 g/mol. The first kappa shape index (κ1) is 19.2. The van der Waals surface area contributed by atoms with Gasteiger partial charge in [0.25, 0.3) is 0 Å². The molecule has 0 atom stereocenters. The second-order valence-electron chi connectivity index (χ2n) is 8.17. The van der Waals surface area contributed by atoms with Gasteiger partial charge in [0, 0.05) is 50.2 Å². The zero-order valence-electron chi connectivity index (χ0n) is 17.1. The summed E-state index contributed by atoms with van der Waals surface area (Å²) in [5.41, 5.74) is 2.15. The minimum Gasteiger partial charge on any atom is -0.444 e. The first-order chi connectivity index (χ1) is 13.9. The van der Waals surface area contributed by atoms with Gasteiger partial charge in [-0.15, -0.1) is 0 Å². The zero-order valence-corrected chi connectivity index (χ0v) is 17.1. The highest BCUT2D eigenvalue weighted by atomic mass is 16.6. The van der Waals surface area contributed by atoms with Crippen molar-refractivity contribution in [2.24, 2.45) is 0 Å². The summed E-state index contributed by atoms with van der Waals surface area (Å²) in [4.78, 5) is 29.7. The van der Waals surface area contributed by atoms with Gasteiger partial charge in [0.2, 0.25) is 0 Å². The van der Waals surface area contributed by atoms with Crippen LogP contribution in [0.5, 0.6) is 0 Å². The number of fused-ring (bicyclic) bond motifs is 1. The third-order valence-corrected chi connectivity index (χ3v) is 4.81. The predicted octanol–water partition coefficient (Wildman–Crippen LogP) is 3.24. The molecule has 1 aliphatic rings. The normalized spacial score (nSPS) is 15.4. The van der Waals surface area contributed by atoms with Crippen LogP contribution in [-0.4, -0.2) is 62.1 Å². The van der Waals surface area contributed by atoms with Crippen LogP contribution >= 0.6 is 0 Å². The minimum atomic E-state index is -0.484. The molecule has 152 valence electrons. The van der Waals surface area contributed by atoms with Crippen LogP contribution in [0.25, 0.3) is 16.9 Å². The second kappa shape index (κ2) is 7.69. The SMILES string of the molecule is CC(C)(C)OC(=O)N1CCCN(c2cnc3cc(-c4cccnc4)ncn23)CC1. The molecule has 0 spiro atoms. The van der Waals surface area contributed by atoms with E-state index in [-0.39, 0.29) is 6.09 Å². The number of hydrogen-bond acceptors (Lipinski definition) is 6. The van der Waals surface area contributed by atoms with Crippen molar-refractivity contribution in [1.82, 2.24) is 24.3 Å². The van der Waals surface area contributed by atoms with Crippen LogP contribution in [0, 0.1) is 0 Å². The van der Waals surface area contributed by atoms with E-state index < -0.39 is 5.60 Å². The van der Waals surface area contributed by atoms with E-state index in [0.29, 0.717) is 13.1 Å². The molecule has 1 fully saturated rings. The zero-order chi connectivity index (χ0) is 20.4. The Balaban J connectivity index is 1.51. The molecule has 0 aromatic carbocycles. The fourth-order valence-corrected chi connectivity index (χ4v) is 3.43. The maximum atomic E-state index is 12.4. The van der Waals surface area contributed by atoms with E-state index in [2.05, 4.69) is 19.9 Å². The van der Waals surface area contributed by atoms with Crippen molar-refractivity contribution < 1.29 is 9.53 Å². The topological polar surface area (TPSA) is 75.9 Å². The fourth-order valence-electron chi connectivity index (χ4n) is 3.43. The smallest absolute Gasteiger partial charge is 0.410 e. The molecule has 8 nitrogen and oxygen atoms in total. The summed E-state index contributed by atoms with van der Waals surface area (Å²) in [5, 5.41) is 0. The summed E-state index contributed by atoms with van der Waals surface area (Å²) < 4.78 is 7.51. The van der Waals surface area contributed by atoms with Gasteiger partial charge < -0.3 is 14.5 Å². The minimum absolute atomic E-state index is 0.250. The number of carbonyl (C=O) groups excluding carboxylic acids is 1. The van der Waals surface area contributed by atoms with Crippen molar-refractivity contribution in [2.75, 3.05) is 31.1 Å². The standard InChI is InChI=1S/C21H26N6O2/c1-21(2,3)29-20(28)26-9-5-8-25(10-11-26)19-14-23-18-12-17(24-15-27(18)19)16-6-4-7-22-13-16/h4,6-7,12-15H,5,8-11H2,1-3H3. The van der Waals surface area contributed by atoms with Crippen LogP contribution in [0.1, 0.15) is 27.2 Å². The van der Waals surface area contributed by atoms with Crippen LogP contribution in [0.3, 0.4) is 0 Å². The fraction of sp³-hybridized carbons (Fsp3) is 0.429. The molecule has 0 radical (unpaired) electrons. The first-order valence-corrected chi connectivity index (χ1v) is 9.87. The van der Waals surface area contributed by atoms with E-state index in [4.69, 9.17) is 4.74 Å². The number of carbonyl (C=O) groups is 1. The number of pyridine rings is 1. The van der Waals surface area contributed by atoms with Crippen molar-refractivity contribution in [1.29, 1.82) is 0 Å². The molecule has 3 aromatic rings. The molecule has 0 bridgehead atoms. The largest absolute Gasteiger partial charge is 0.444 e. The third kappa shape index (κ3) is 4.31. The molecular formula is C21H26N6O2. The predicted molar refractivity (Wildman–Crippen MR) is 111 cm³/mol. The van der Waals surface area contributed by atoms with Gasteiger partial charge in [0.1, 0.15) is 23.4 Å². The van der Waals surface area contributed by atoms with E-state index in [0.717, 1.165) is 42.2 Å². The quantitative estimate of drug-likeness (QED) is 0.664. The van der Waals surface area contributed by atoms with Crippen LogP contribution in [0.4, 0.5) is 10.6 Å². The number of amides is 1. The van der Waals surface area contributed by atoms with Gasteiger partial charge in [-0.3, -0.25) is 9.38 Å². The second-order valence-corrected chi connectivity index (χ2v) is 8.17. The number of rotatable bonds is 2. The van der Waals surface area contributed by atoms with Crippen LogP contribution in [0.2, 0.25) is 0 Å². The van der Waals surface area contributed by atoms with Crippen molar-refractivity contribution >= 4 is 17.6 Å². The maximum Gasteiger partial charge on any atom is 0.410 e. The van der Waals surface area contributed by atoms with Gasteiger partial charge in [-0.25, -0.2) is 14.8 Å². The van der Waals surface area contributed by atoms with Crippen molar-refractivity contribution in [3.8, 4) is 11.3 Å². The summed E-state index contributed by atoms with van der Waals surface area (Å²) in [5.74, 6) is 0.983. The maximum absolute atomic E-state index is 12.4. The first-order valence-electron chi connectivity index (χ1n) is 9.87. The van der Waals surface area contributed by atoms with E-state index in [9.17, 15) is 4.79 Å². The summed E-state index contributed by atoms with van der Waals surface area (Å²) in [6, 6.07) is 5.84. The lowest BCUT2D eigenvalue weighted by Gasteiger charge is -2.26. The third-order valence-electron chi connectivity index (χ3n) is 4.81. The molecule has 0 unspecified atom stereocenters. The average molecular weight is 394 g/mol. The molecule has 0 aliphatic carbocycles. The van der Waals surface area contributed by atoms with Crippen LogP contribution in [0.15, 0.2) is 43.1 Å². The van der Waals surface area contributed by atoms with Gasteiger partial charge in [0.15, 0.2) is 0 Å². The van der Waals surface area contributed by atoms with Gasteiger partial charge in [-0.2, -0.15) is 0 Å². The number of hydrogen-bond donors (Lipinski definition) is 0. The van der Waals surface area contributed by atoms with E-state index >= 15 is 0 Å². The summed E-state index contributed by atoms with van der Waals surface area (Å²) in [6.07, 6.45) is 7.83. The molecule has 0 N–H and O–H groups in total. The summed E-state index contributed by atoms with van der Waals surface area (Å²) in [7, 11) is 0.